The quantitative estimate of drug-likeness (QED) is 0.791. The van der Waals surface area contributed by atoms with E-state index >= 15 is 0 Å². The van der Waals surface area contributed by atoms with Crippen LogP contribution < -0.4 is 4.52 Å². The summed E-state index contributed by atoms with van der Waals surface area (Å²) < 4.78 is 31.9. The fourth-order valence-corrected chi connectivity index (χ4v) is 1.27. The molecule has 0 aromatic heterocycles. The molecule has 0 heterocycles. The fraction of sp³-hybridized carbons (Fsp3) is 0.250. The SMILES string of the molecule is COP(=O)(O)Oc1ccc(CF)cc1. The third-order valence-corrected chi connectivity index (χ3v) is 2.43. The number of phosphoric ester groups is 1. The van der Waals surface area contributed by atoms with Crippen LogP contribution in [0.5, 0.6) is 5.75 Å². The molecule has 4 nitrogen and oxygen atoms in total. The lowest BCUT2D eigenvalue weighted by Crippen LogP contribution is -1.93. The van der Waals surface area contributed by atoms with Gasteiger partial charge in [-0.3, -0.25) is 9.42 Å². The second-order valence-electron chi connectivity index (χ2n) is 2.52. The van der Waals surface area contributed by atoms with Gasteiger partial charge in [-0.1, -0.05) is 12.1 Å². The summed E-state index contributed by atoms with van der Waals surface area (Å²) in [5, 5.41) is 0. The second-order valence-corrected chi connectivity index (χ2v) is 4.00. The van der Waals surface area contributed by atoms with Crippen molar-refractivity contribution in [2.24, 2.45) is 0 Å². The lowest BCUT2D eigenvalue weighted by molar-refractivity contribution is 0.242. The molecule has 1 rings (SSSR count). The van der Waals surface area contributed by atoms with Gasteiger partial charge in [0.1, 0.15) is 12.4 Å². The minimum atomic E-state index is -4.01. The van der Waals surface area contributed by atoms with Crippen molar-refractivity contribution < 1.29 is 22.9 Å². The van der Waals surface area contributed by atoms with Crippen LogP contribution in [0.4, 0.5) is 4.39 Å². The molecule has 0 radical (unpaired) electrons. The van der Waals surface area contributed by atoms with Crippen molar-refractivity contribution in [1.82, 2.24) is 0 Å². The van der Waals surface area contributed by atoms with Gasteiger partial charge in [-0.2, -0.15) is 0 Å². The predicted molar refractivity (Wildman–Crippen MR) is 48.7 cm³/mol. The molecule has 0 aliphatic rings. The molecule has 0 aliphatic heterocycles. The first-order chi connectivity index (χ1) is 6.57. The standard InChI is InChI=1S/C8H10FO4P/c1-12-14(10,11)13-8-4-2-7(6-9)3-5-8/h2-5H,6H2,1H3,(H,10,11). The van der Waals surface area contributed by atoms with E-state index in [1.807, 2.05) is 0 Å². The molecule has 78 valence electrons. The molecule has 0 spiro atoms. The van der Waals surface area contributed by atoms with Gasteiger partial charge in [0.05, 0.1) is 0 Å². The molecule has 6 heteroatoms. The van der Waals surface area contributed by atoms with E-state index in [4.69, 9.17) is 4.89 Å². The third-order valence-electron chi connectivity index (χ3n) is 1.53. The lowest BCUT2D eigenvalue weighted by atomic mass is 10.2. The zero-order chi connectivity index (χ0) is 10.6. The van der Waals surface area contributed by atoms with E-state index in [-0.39, 0.29) is 5.75 Å². The van der Waals surface area contributed by atoms with Crippen molar-refractivity contribution in [2.75, 3.05) is 7.11 Å². The van der Waals surface area contributed by atoms with Gasteiger partial charge in [0.2, 0.25) is 0 Å². The molecular weight excluding hydrogens is 210 g/mol. The minimum Gasteiger partial charge on any atom is -0.404 e. The molecule has 14 heavy (non-hydrogen) atoms. The molecule has 1 atom stereocenters. The number of halogens is 1. The van der Waals surface area contributed by atoms with Crippen LogP contribution in [0.3, 0.4) is 0 Å². The maximum atomic E-state index is 12.1. The van der Waals surface area contributed by atoms with E-state index in [1.54, 1.807) is 0 Å². The Hall–Kier alpha value is -0.900. The summed E-state index contributed by atoms with van der Waals surface area (Å²) in [4.78, 5) is 8.94. The van der Waals surface area contributed by atoms with E-state index in [0.29, 0.717) is 5.56 Å². The number of phosphoric acid groups is 1. The number of rotatable bonds is 4. The minimum absolute atomic E-state index is 0.162. The average molecular weight is 220 g/mol. The summed E-state index contributed by atoms with van der Waals surface area (Å²) in [6, 6.07) is 5.73. The zero-order valence-corrected chi connectivity index (χ0v) is 8.41. The molecule has 0 aliphatic carbocycles. The van der Waals surface area contributed by atoms with Gasteiger partial charge in [-0.25, -0.2) is 8.96 Å². The second kappa shape index (κ2) is 4.55. The molecule has 0 saturated heterocycles. The lowest BCUT2D eigenvalue weighted by Gasteiger charge is -2.09. The molecule has 1 N–H and O–H groups in total. The van der Waals surface area contributed by atoms with Gasteiger partial charge in [-0.05, 0) is 17.7 Å². The first-order valence-corrected chi connectivity index (χ1v) is 5.30. The van der Waals surface area contributed by atoms with Crippen LogP contribution in [0.25, 0.3) is 0 Å². The van der Waals surface area contributed by atoms with Crippen molar-refractivity contribution in [3.8, 4) is 5.75 Å². The molecule has 0 amide bonds. The van der Waals surface area contributed by atoms with E-state index in [2.05, 4.69) is 9.05 Å². The third kappa shape index (κ3) is 3.10. The highest BCUT2D eigenvalue weighted by Crippen LogP contribution is 2.42. The summed E-state index contributed by atoms with van der Waals surface area (Å²) in [5.74, 6) is 0.162. The summed E-state index contributed by atoms with van der Waals surface area (Å²) >= 11 is 0. The van der Waals surface area contributed by atoms with Gasteiger partial charge in [-0.15, -0.1) is 0 Å². The van der Waals surface area contributed by atoms with Crippen molar-refractivity contribution in [2.45, 2.75) is 6.67 Å². The highest BCUT2D eigenvalue weighted by molar-refractivity contribution is 7.47. The largest absolute Gasteiger partial charge is 0.527 e. The molecule has 0 saturated carbocycles. The van der Waals surface area contributed by atoms with E-state index in [9.17, 15) is 8.96 Å². The topological polar surface area (TPSA) is 55.8 Å². The monoisotopic (exact) mass is 220 g/mol. The summed E-state index contributed by atoms with van der Waals surface area (Å²) in [7, 11) is -2.95. The van der Waals surface area contributed by atoms with Gasteiger partial charge in [0.25, 0.3) is 0 Å². The molecule has 1 aromatic rings. The van der Waals surface area contributed by atoms with Crippen LogP contribution in [0, 0.1) is 0 Å². The van der Waals surface area contributed by atoms with Gasteiger partial charge in [0.15, 0.2) is 0 Å². The van der Waals surface area contributed by atoms with E-state index in [0.717, 1.165) is 7.11 Å². The van der Waals surface area contributed by atoms with Gasteiger partial charge < -0.3 is 4.52 Å². The normalized spacial score (nSPS) is 14.8. The first-order valence-electron chi connectivity index (χ1n) is 3.80. The van der Waals surface area contributed by atoms with Crippen molar-refractivity contribution in [3.05, 3.63) is 29.8 Å². The molecule has 1 aromatic carbocycles. The smallest absolute Gasteiger partial charge is 0.404 e. The Morgan fingerprint density at radius 3 is 2.43 bits per heavy atom. The van der Waals surface area contributed by atoms with Crippen LogP contribution in [0.15, 0.2) is 24.3 Å². The summed E-state index contributed by atoms with van der Waals surface area (Å²) in [5.41, 5.74) is 0.475. The number of benzene rings is 1. The summed E-state index contributed by atoms with van der Waals surface area (Å²) in [6.07, 6.45) is 0. The maximum absolute atomic E-state index is 12.1. The molecule has 0 fully saturated rings. The van der Waals surface area contributed by atoms with Crippen LogP contribution in [0.1, 0.15) is 5.56 Å². The Morgan fingerprint density at radius 1 is 1.43 bits per heavy atom. The highest BCUT2D eigenvalue weighted by atomic mass is 31.2. The van der Waals surface area contributed by atoms with Crippen LogP contribution >= 0.6 is 7.82 Å². The molecular formula is C8H10FO4P. The number of alkyl halides is 1. The first kappa shape index (κ1) is 11.2. The number of hydrogen-bond donors (Lipinski definition) is 1. The maximum Gasteiger partial charge on any atom is 0.527 e. The highest BCUT2D eigenvalue weighted by Gasteiger charge is 2.19. The Kier molecular flexibility index (Phi) is 3.63. The fourth-order valence-electron chi connectivity index (χ4n) is 0.810. The average Bonchev–Trinajstić information content (AvgIpc) is 2.19. The van der Waals surface area contributed by atoms with Crippen molar-refractivity contribution in [1.29, 1.82) is 0 Å². The van der Waals surface area contributed by atoms with Crippen molar-refractivity contribution >= 4 is 7.82 Å². The van der Waals surface area contributed by atoms with Crippen LogP contribution in [0.2, 0.25) is 0 Å². The summed E-state index contributed by atoms with van der Waals surface area (Å²) in [6.45, 7) is -0.582. The molecule has 0 bridgehead atoms. The van der Waals surface area contributed by atoms with E-state index < -0.39 is 14.5 Å². The van der Waals surface area contributed by atoms with Gasteiger partial charge >= 0.3 is 7.82 Å². The Bertz CT molecular complexity index is 338. The van der Waals surface area contributed by atoms with Crippen molar-refractivity contribution in [3.63, 3.8) is 0 Å². The van der Waals surface area contributed by atoms with Crippen LogP contribution in [-0.4, -0.2) is 12.0 Å². The molecule has 1 unspecified atom stereocenters. The van der Waals surface area contributed by atoms with Crippen LogP contribution in [-0.2, 0) is 15.8 Å². The number of hydrogen-bond acceptors (Lipinski definition) is 3. The Balaban J connectivity index is 2.74. The predicted octanol–water partition coefficient (Wildman–Crippen LogP) is 2.28. The van der Waals surface area contributed by atoms with Gasteiger partial charge in [0, 0.05) is 7.11 Å². The zero-order valence-electron chi connectivity index (χ0n) is 7.51. The Labute approximate surface area is 80.9 Å². The van der Waals surface area contributed by atoms with E-state index in [1.165, 1.54) is 24.3 Å². The Morgan fingerprint density at radius 2 is 2.00 bits per heavy atom.